The van der Waals surface area contributed by atoms with Gasteiger partial charge in [0, 0.05) is 24.0 Å². The summed E-state index contributed by atoms with van der Waals surface area (Å²) in [7, 11) is 0. The normalized spacial score (nSPS) is 19.5. The first kappa shape index (κ1) is 24.9. The van der Waals surface area contributed by atoms with Crippen LogP contribution in [0.1, 0.15) is 36.5 Å². The molecule has 0 aliphatic carbocycles. The first-order valence-corrected chi connectivity index (χ1v) is 11.6. The number of carbonyl (C=O) groups is 4. The molecule has 2 aromatic rings. The predicted molar refractivity (Wildman–Crippen MR) is 135 cm³/mol. The van der Waals surface area contributed by atoms with Gasteiger partial charge in [-0.1, -0.05) is 48.5 Å². The minimum Gasteiger partial charge on any atom is -0.351 e. The molecule has 0 saturated carbocycles. The summed E-state index contributed by atoms with van der Waals surface area (Å²) < 4.78 is 0. The van der Waals surface area contributed by atoms with E-state index in [2.05, 4.69) is 22.5 Å². The second-order valence-corrected chi connectivity index (χ2v) is 9.30. The number of anilines is 1. The van der Waals surface area contributed by atoms with E-state index in [1.165, 1.54) is 6.08 Å². The molecule has 186 valence electrons. The smallest absolute Gasteiger partial charge is 0.278 e. The third-order valence-electron chi connectivity index (χ3n) is 6.34. The van der Waals surface area contributed by atoms with Crippen LogP contribution in [0.25, 0.3) is 0 Å². The molecule has 4 amide bonds. The first-order chi connectivity index (χ1) is 17.1. The van der Waals surface area contributed by atoms with Gasteiger partial charge in [-0.3, -0.25) is 24.1 Å². The number of imide groups is 1. The Morgan fingerprint density at radius 1 is 1.19 bits per heavy atom. The van der Waals surface area contributed by atoms with Crippen LogP contribution < -0.4 is 21.7 Å². The summed E-state index contributed by atoms with van der Waals surface area (Å²) >= 11 is 0. The third-order valence-corrected chi connectivity index (χ3v) is 6.34. The predicted octanol–water partition coefficient (Wildman–Crippen LogP) is 1.94. The maximum absolute atomic E-state index is 13.0. The van der Waals surface area contributed by atoms with E-state index in [9.17, 15) is 19.2 Å². The highest BCUT2D eigenvalue weighted by molar-refractivity contribution is 6.19. The van der Waals surface area contributed by atoms with Crippen molar-refractivity contribution in [2.45, 2.75) is 44.8 Å². The monoisotopic (exact) mass is 487 g/mol. The molecule has 9 heteroatoms. The Bertz CT molecular complexity index is 1300. The molecule has 2 aliphatic rings. The molecule has 0 radical (unpaired) electrons. The number of amides is 4. The van der Waals surface area contributed by atoms with Crippen LogP contribution in [-0.4, -0.2) is 34.6 Å². The van der Waals surface area contributed by atoms with E-state index >= 15 is 0 Å². The Balaban J connectivity index is 1.45. The van der Waals surface area contributed by atoms with E-state index in [-0.39, 0.29) is 11.6 Å². The average Bonchev–Trinajstić information content (AvgIpc) is 3.10. The van der Waals surface area contributed by atoms with Crippen molar-refractivity contribution in [1.82, 2.24) is 15.5 Å². The van der Waals surface area contributed by atoms with Gasteiger partial charge in [0.25, 0.3) is 11.8 Å². The van der Waals surface area contributed by atoms with E-state index in [0.29, 0.717) is 36.3 Å². The Hall–Kier alpha value is -4.24. The molecular formula is C27H29N5O4. The lowest BCUT2D eigenvalue weighted by atomic mass is 9.91. The number of nitrogens with two attached hydrogens (primary N) is 1. The second-order valence-electron chi connectivity index (χ2n) is 9.30. The summed E-state index contributed by atoms with van der Waals surface area (Å²) in [5, 5.41) is 8.41. The molecular weight excluding hydrogens is 458 g/mol. The van der Waals surface area contributed by atoms with Gasteiger partial charge in [-0.25, -0.2) is 0 Å². The highest BCUT2D eigenvalue weighted by Crippen LogP contribution is 2.26. The molecule has 2 aromatic carbocycles. The summed E-state index contributed by atoms with van der Waals surface area (Å²) in [4.78, 5) is 51.7. The highest BCUT2D eigenvalue weighted by Gasteiger charge is 2.41. The molecule has 2 atom stereocenters. The minimum atomic E-state index is -1.35. The second kappa shape index (κ2) is 9.79. The summed E-state index contributed by atoms with van der Waals surface area (Å²) in [6.07, 6.45) is 1.98. The van der Waals surface area contributed by atoms with E-state index in [1.807, 2.05) is 31.2 Å². The number of allylic oxidation sites excluding steroid dienone is 1. The van der Waals surface area contributed by atoms with Gasteiger partial charge in [0.15, 0.2) is 0 Å². The van der Waals surface area contributed by atoms with E-state index < -0.39 is 29.3 Å². The largest absolute Gasteiger partial charge is 0.351 e. The molecule has 5 N–H and O–H groups in total. The number of hydrogen-bond donors (Lipinski definition) is 4. The van der Waals surface area contributed by atoms with Crippen LogP contribution >= 0.6 is 0 Å². The number of aryl methyl sites for hydroxylation is 1. The fourth-order valence-corrected chi connectivity index (χ4v) is 4.27. The van der Waals surface area contributed by atoms with E-state index in [4.69, 9.17) is 5.73 Å². The van der Waals surface area contributed by atoms with Gasteiger partial charge >= 0.3 is 0 Å². The van der Waals surface area contributed by atoms with Crippen LogP contribution in [-0.2, 0) is 31.3 Å². The number of rotatable bonds is 7. The zero-order valence-corrected chi connectivity index (χ0v) is 20.3. The van der Waals surface area contributed by atoms with Gasteiger partial charge in [-0.15, -0.1) is 0 Å². The molecule has 0 spiro atoms. The molecule has 36 heavy (non-hydrogen) atoms. The molecule has 2 unspecified atom stereocenters. The van der Waals surface area contributed by atoms with Gasteiger partial charge < -0.3 is 21.7 Å². The maximum Gasteiger partial charge on any atom is 0.278 e. The summed E-state index contributed by atoms with van der Waals surface area (Å²) in [6, 6.07) is 13.7. The zero-order valence-electron chi connectivity index (χ0n) is 20.3. The Labute approximate surface area is 209 Å². The maximum atomic E-state index is 13.0. The van der Waals surface area contributed by atoms with Crippen LogP contribution in [0.2, 0.25) is 0 Å². The van der Waals surface area contributed by atoms with Crippen molar-refractivity contribution in [3.63, 3.8) is 0 Å². The molecule has 0 aromatic heterocycles. The number of carbonyl (C=O) groups excluding carboxylic acids is 4. The molecule has 9 nitrogen and oxygen atoms in total. The number of piperidine rings is 1. The quantitative estimate of drug-likeness (QED) is 0.441. The van der Waals surface area contributed by atoms with Crippen molar-refractivity contribution in [3.8, 4) is 0 Å². The van der Waals surface area contributed by atoms with E-state index in [1.54, 1.807) is 31.2 Å². The van der Waals surface area contributed by atoms with Gasteiger partial charge in [-0.05, 0) is 49.9 Å². The summed E-state index contributed by atoms with van der Waals surface area (Å²) in [5.41, 5.74) is 8.73. The number of benzene rings is 2. The standard InChI is InChI=1S/C27H29N5O4/c1-16-6-4-7-18(12-16)15-29-26(36)27(3,28)19-8-5-9-20(13-19)31-21-14-23(33)32(25(21)35)22-11-10-17(2)30-24(22)34/h4-9,12-14,22,31H,2,10-11,15,28H2,1,3H3,(H,29,36)(H,30,34). The fraction of sp³-hybridized carbons (Fsp3) is 0.259. The number of nitrogens with zero attached hydrogens (tertiary/aromatic N) is 1. The Morgan fingerprint density at radius 3 is 2.67 bits per heavy atom. The molecule has 1 saturated heterocycles. The topological polar surface area (TPSA) is 134 Å². The molecule has 0 bridgehead atoms. The van der Waals surface area contributed by atoms with Crippen molar-refractivity contribution in [1.29, 1.82) is 0 Å². The van der Waals surface area contributed by atoms with Gasteiger partial charge in [0.05, 0.1) is 0 Å². The molecule has 2 aliphatic heterocycles. The lowest BCUT2D eigenvalue weighted by Crippen LogP contribution is -2.52. The van der Waals surface area contributed by atoms with Crippen LogP contribution in [0.4, 0.5) is 5.69 Å². The molecule has 1 fully saturated rings. The average molecular weight is 488 g/mol. The summed E-state index contributed by atoms with van der Waals surface area (Å²) in [6.45, 7) is 7.65. The van der Waals surface area contributed by atoms with Crippen molar-refractivity contribution < 1.29 is 19.2 Å². The minimum absolute atomic E-state index is 0.0389. The number of nitrogens with one attached hydrogen (secondary N) is 3. The Morgan fingerprint density at radius 2 is 1.94 bits per heavy atom. The van der Waals surface area contributed by atoms with Crippen molar-refractivity contribution in [3.05, 3.63) is 89.3 Å². The summed E-state index contributed by atoms with van der Waals surface area (Å²) in [5.74, 6) is -1.95. The molecule has 4 rings (SSSR count). The van der Waals surface area contributed by atoms with Gasteiger partial charge in [-0.2, -0.15) is 0 Å². The van der Waals surface area contributed by atoms with Crippen molar-refractivity contribution in [2.75, 3.05) is 5.32 Å². The zero-order chi connectivity index (χ0) is 26.0. The van der Waals surface area contributed by atoms with Gasteiger partial charge in [0.2, 0.25) is 11.8 Å². The van der Waals surface area contributed by atoms with Crippen molar-refractivity contribution in [2.24, 2.45) is 5.73 Å². The highest BCUT2D eigenvalue weighted by atomic mass is 16.2. The third kappa shape index (κ3) is 5.06. The van der Waals surface area contributed by atoms with Crippen molar-refractivity contribution >= 4 is 29.3 Å². The van der Waals surface area contributed by atoms with Crippen LogP contribution in [0.5, 0.6) is 0 Å². The van der Waals surface area contributed by atoms with Gasteiger partial charge in [0.1, 0.15) is 17.3 Å². The lowest BCUT2D eigenvalue weighted by molar-refractivity contribution is -0.146. The fourth-order valence-electron chi connectivity index (χ4n) is 4.27. The van der Waals surface area contributed by atoms with Crippen LogP contribution in [0.15, 0.2) is 72.6 Å². The van der Waals surface area contributed by atoms with Crippen LogP contribution in [0, 0.1) is 6.92 Å². The SMILES string of the molecule is C=C1CCC(N2C(=O)C=C(Nc3cccc(C(C)(N)C(=O)NCc4cccc(C)c4)c3)C2=O)C(=O)N1. The van der Waals surface area contributed by atoms with E-state index in [0.717, 1.165) is 16.0 Å². The molecule has 2 heterocycles. The lowest BCUT2D eigenvalue weighted by Gasteiger charge is -2.29. The van der Waals surface area contributed by atoms with Crippen LogP contribution in [0.3, 0.4) is 0 Å². The first-order valence-electron chi connectivity index (χ1n) is 11.6. The number of hydrogen-bond acceptors (Lipinski definition) is 6. The Kier molecular flexibility index (Phi) is 6.76.